The highest BCUT2D eigenvalue weighted by molar-refractivity contribution is 7.18. The number of halogens is 1. The number of thiazole rings is 1. The van der Waals surface area contributed by atoms with Gasteiger partial charge in [0.05, 0.1) is 5.69 Å². The summed E-state index contributed by atoms with van der Waals surface area (Å²) in [7, 11) is 0. The van der Waals surface area contributed by atoms with Gasteiger partial charge >= 0.3 is 5.97 Å². The molecule has 8 heteroatoms. The summed E-state index contributed by atoms with van der Waals surface area (Å²) in [5, 5.41) is 0.0162. The normalized spacial score (nSPS) is 15.1. The molecule has 2 aromatic heterocycles. The molecule has 3 aromatic rings. The van der Waals surface area contributed by atoms with Gasteiger partial charge in [-0.15, -0.1) is 0 Å². The number of ether oxygens (including phenoxy) is 1. The molecular formula is C22H22ClN3O3S. The number of hydrogen-bond acceptors (Lipinski definition) is 6. The molecule has 0 aliphatic carbocycles. The molecule has 0 N–H and O–H groups in total. The molecule has 1 aliphatic heterocycles. The molecule has 30 heavy (non-hydrogen) atoms. The van der Waals surface area contributed by atoms with Crippen LogP contribution in [0, 0.1) is 0 Å². The fourth-order valence-electron chi connectivity index (χ4n) is 3.40. The molecule has 0 atom stereocenters. The molecule has 3 heterocycles. The van der Waals surface area contributed by atoms with E-state index in [2.05, 4.69) is 9.88 Å². The summed E-state index contributed by atoms with van der Waals surface area (Å²) in [5.74, 6) is -0.445. The zero-order chi connectivity index (χ0) is 20.9. The van der Waals surface area contributed by atoms with Gasteiger partial charge in [-0.2, -0.15) is 0 Å². The summed E-state index contributed by atoms with van der Waals surface area (Å²) in [6, 6.07) is 9.67. The van der Waals surface area contributed by atoms with Crippen molar-refractivity contribution in [2.24, 2.45) is 0 Å². The minimum absolute atomic E-state index is 0.0162. The summed E-state index contributed by atoms with van der Waals surface area (Å²) in [4.78, 5) is 32.5. The molecule has 1 fully saturated rings. The van der Waals surface area contributed by atoms with Crippen LogP contribution in [0.25, 0.3) is 17.1 Å². The maximum absolute atomic E-state index is 12.6. The fraction of sp³-hybridized carbons (Fsp3) is 0.318. The molecular weight excluding hydrogens is 422 g/mol. The van der Waals surface area contributed by atoms with Crippen molar-refractivity contribution in [1.82, 2.24) is 14.3 Å². The lowest BCUT2D eigenvalue weighted by Gasteiger charge is -2.25. The number of aromatic nitrogens is 2. The van der Waals surface area contributed by atoms with E-state index in [1.165, 1.54) is 29.9 Å². The van der Waals surface area contributed by atoms with Crippen LogP contribution in [-0.4, -0.2) is 46.5 Å². The second-order valence-electron chi connectivity index (χ2n) is 7.15. The van der Waals surface area contributed by atoms with Gasteiger partial charge in [0.2, 0.25) is 0 Å². The summed E-state index contributed by atoms with van der Waals surface area (Å²) >= 11 is 7.35. The van der Waals surface area contributed by atoms with Gasteiger partial charge in [0.15, 0.2) is 4.96 Å². The van der Waals surface area contributed by atoms with Crippen molar-refractivity contribution in [3.63, 3.8) is 0 Å². The van der Waals surface area contributed by atoms with E-state index < -0.39 is 11.5 Å². The van der Waals surface area contributed by atoms with Gasteiger partial charge in [0.1, 0.15) is 16.5 Å². The van der Waals surface area contributed by atoms with Gasteiger partial charge in [-0.25, -0.2) is 9.78 Å². The first-order valence-corrected chi connectivity index (χ1v) is 11.2. The molecule has 0 bridgehead atoms. The molecule has 0 spiro atoms. The number of nitrogens with zero attached hydrogens (tertiary/aromatic N) is 3. The van der Waals surface area contributed by atoms with Crippen molar-refractivity contribution in [2.75, 3.05) is 26.2 Å². The Labute approximate surface area is 183 Å². The minimum Gasteiger partial charge on any atom is -0.460 e. The first-order valence-electron chi connectivity index (χ1n) is 9.96. The topological polar surface area (TPSA) is 63.9 Å². The lowest BCUT2D eigenvalue weighted by atomic mass is 10.1. The van der Waals surface area contributed by atoms with E-state index in [4.69, 9.17) is 16.3 Å². The molecule has 1 aromatic carbocycles. The molecule has 1 saturated heterocycles. The Morgan fingerprint density at radius 2 is 1.93 bits per heavy atom. The average molecular weight is 444 g/mol. The third-order valence-corrected chi connectivity index (χ3v) is 6.34. The minimum atomic E-state index is -0.445. The zero-order valence-electron chi connectivity index (χ0n) is 16.4. The lowest BCUT2D eigenvalue weighted by molar-refractivity contribution is 0.0457. The number of hydrogen-bond donors (Lipinski definition) is 0. The Kier molecular flexibility index (Phi) is 6.62. The molecule has 6 nitrogen and oxygen atoms in total. The lowest BCUT2D eigenvalue weighted by Crippen LogP contribution is -2.33. The smallest absolute Gasteiger partial charge is 0.350 e. The number of esters is 1. The average Bonchev–Trinajstić information content (AvgIpc) is 3.21. The van der Waals surface area contributed by atoms with Gasteiger partial charge in [0, 0.05) is 12.7 Å². The van der Waals surface area contributed by atoms with Crippen molar-refractivity contribution in [3.8, 4) is 0 Å². The van der Waals surface area contributed by atoms with E-state index in [9.17, 15) is 9.59 Å². The Hall–Kier alpha value is -2.48. The predicted octanol–water partition coefficient (Wildman–Crippen LogP) is 4.22. The monoisotopic (exact) mass is 443 g/mol. The van der Waals surface area contributed by atoms with Crippen LogP contribution in [0.15, 0.2) is 41.3 Å². The Balaban J connectivity index is 1.49. The summed E-state index contributed by atoms with van der Waals surface area (Å²) in [5.41, 5.74) is 0.940. The third-order valence-electron chi connectivity index (χ3n) is 5.02. The Morgan fingerprint density at radius 1 is 1.17 bits per heavy atom. The molecule has 0 radical (unpaired) electrons. The van der Waals surface area contributed by atoms with Crippen molar-refractivity contribution in [2.45, 2.75) is 19.3 Å². The summed E-state index contributed by atoms with van der Waals surface area (Å²) in [6.45, 7) is 3.17. The number of fused-ring (bicyclic) bond motifs is 1. The number of carbonyl (C=O) groups excluding carboxylic acids is 1. The zero-order valence-corrected chi connectivity index (χ0v) is 18.0. The highest BCUT2D eigenvalue weighted by atomic mass is 35.5. The summed E-state index contributed by atoms with van der Waals surface area (Å²) in [6.07, 6.45) is 8.66. The van der Waals surface area contributed by atoms with Crippen LogP contribution in [0.4, 0.5) is 0 Å². The Bertz CT molecular complexity index is 1120. The molecule has 0 unspecified atom stereocenters. The number of likely N-dealkylation sites (tertiary alicyclic amines) is 1. The largest absolute Gasteiger partial charge is 0.460 e. The van der Waals surface area contributed by atoms with Crippen LogP contribution >= 0.6 is 22.9 Å². The van der Waals surface area contributed by atoms with Crippen LogP contribution < -0.4 is 5.56 Å². The van der Waals surface area contributed by atoms with Crippen LogP contribution in [0.2, 0.25) is 5.02 Å². The number of rotatable bonds is 6. The van der Waals surface area contributed by atoms with Crippen molar-refractivity contribution in [1.29, 1.82) is 0 Å². The maximum atomic E-state index is 12.6. The third kappa shape index (κ3) is 4.80. The van der Waals surface area contributed by atoms with Crippen LogP contribution in [-0.2, 0) is 4.74 Å². The standard InChI is InChI=1S/C22H22ClN3O3S/c23-19-17(10-9-16-7-3-1-4-8-16)24-22-26(20(19)27)15-18(30-22)21(28)29-14-13-25-11-5-2-6-12-25/h1,3-4,7-10,15H,2,5-6,11-14H2. The van der Waals surface area contributed by atoms with Gasteiger partial charge in [0.25, 0.3) is 5.56 Å². The van der Waals surface area contributed by atoms with Crippen molar-refractivity contribution >= 4 is 46.0 Å². The number of benzene rings is 1. The van der Waals surface area contributed by atoms with Crippen LogP contribution in [0.5, 0.6) is 0 Å². The van der Waals surface area contributed by atoms with Crippen LogP contribution in [0.1, 0.15) is 40.2 Å². The van der Waals surface area contributed by atoms with E-state index in [0.717, 1.165) is 36.5 Å². The first kappa shape index (κ1) is 20.8. The van der Waals surface area contributed by atoms with E-state index in [1.54, 1.807) is 6.08 Å². The van der Waals surface area contributed by atoms with Crippen LogP contribution in [0.3, 0.4) is 0 Å². The molecule has 0 amide bonds. The molecule has 156 valence electrons. The second kappa shape index (κ2) is 9.55. The number of piperidine rings is 1. The van der Waals surface area contributed by atoms with Gasteiger partial charge in [-0.1, -0.05) is 65.8 Å². The van der Waals surface area contributed by atoms with Gasteiger partial charge in [-0.05, 0) is 37.6 Å². The van der Waals surface area contributed by atoms with E-state index in [-0.39, 0.29) is 5.02 Å². The van der Waals surface area contributed by atoms with E-state index >= 15 is 0 Å². The fourth-order valence-corrected chi connectivity index (χ4v) is 4.47. The number of carbonyl (C=O) groups is 1. The summed E-state index contributed by atoms with van der Waals surface area (Å²) < 4.78 is 6.71. The van der Waals surface area contributed by atoms with Crippen molar-refractivity contribution < 1.29 is 9.53 Å². The maximum Gasteiger partial charge on any atom is 0.350 e. The predicted molar refractivity (Wildman–Crippen MR) is 120 cm³/mol. The van der Waals surface area contributed by atoms with E-state index in [0.29, 0.717) is 22.1 Å². The van der Waals surface area contributed by atoms with Gasteiger partial charge < -0.3 is 4.74 Å². The second-order valence-corrected chi connectivity index (χ2v) is 8.53. The molecule has 1 aliphatic rings. The SMILES string of the molecule is O=C(OCCN1CCCCC1)c1cn2c(=O)c(Cl)c(C=Cc3ccccc3)nc2s1. The molecule has 0 saturated carbocycles. The van der Waals surface area contributed by atoms with E-state index in [1.807, 2.05) is 36.4 Å². The molecule has 4 rings (SSSR count). The van der Waals surface area contributed by atoms with Crippen molar-refractivity contribution in [3.05, 3.63) is 68.0 Å². The quantitative estimate of drug-likeness (QED) is 0.533. The Morgan fingerprint density at radius 3 is 2.70 bits per heavy atom. The van der Waals surface area contributed by atoms with Gasteiger partial charge in [-0.3, -0.25) is 14.1 Å². The highest BCUT2D eigenvalue weighted by Crippen LogP contribution is 2.20. The highest BCUT2D eigenvalue weighted by Gasteiger charge is 2.17. The first-order chi connectivity index (χ1) is 14.6.